The molecule has 4 rings (SSSR count). The summed E-state index contributed by atoms with van der Waals surface area (Å²) in [7, 11) is -3.57. The first-order valence-electron chi connectivity index (χ1n) is 8.51. The molecule has 1 aromatic carbocycles. The van der Waals surface area contributed by atoms with Crippen molar-refractivity contribution in [1.29, 1.82) is 0 Å². The molecule has 1 amide bonds. The molecule has 0 spiro atoms. The molecule has 2 aliphatic rings. The lowest BCUT2D eigenvalue weighted by Crippen LogP contribution is -2.50. The summed E-state index contributed by atoms with van der Waals surface area (Å²) in [6.45, 7) is 1.87. The van der Waals surface area contributed by atoms with Crippen LogP contribution in [0.2, 0.25) is 0 Å². The number of nitrogens with zero attached hydrogens (tertiary/aromatic N) is 3. The van der Waals surface area contributed by atoms with Gasteiger partial charge in [-0.25, -0.2) is 8.42 Å². The van der Waals surface area contributed by atoms with Gasteiger partial charge in [-0.3, -0.25) is 9.78 Å². The van der Waals surface area contributed by atoms with Gasteiger partial charge in [-0.1, -0.05) is 0 Å². The van der Waals surface area contributed by atoms with E-state index >= 15 is 0 Å². The molecule has 0 atom stereocenters. The van der Waals surface area contributed by atoms with Crippen LogP contribution in [0.3, 0.4) is 0 Å². The van der Waals surface area contributed by atoms with E-state index in [0.29, 0.717) is 25.3 Å². The van der Waals surface area contributed by atoms with Crippen LogP contribution in [0.5, 0.6) is 5.75 Å². The van der Waals surface area contributed by atoms with E-state index in [-0.39, 0.29) is 23.9 Å². The Kier molecular flexibility index (Phi) is 4.37. The Hall–Kier alpha value is -2.45. The van der Waals surface area contributed by atoms with Gasteiger partial charge in [0.05, 0.1) is 17.1 Å². The maximum atomic E-state index is 12.9. The van der Waals surface area contributed by atoms with Crippen LogP contribution in [0.1, 0.15) is 15.9 Å². The summed E-state index contributed by atoms with van der Waals surface area (Å²) in [5.41, 5.74) is 1.44. The highest BCUT2D eigenvalue weighted by atomic mass is 32.2. The molecule has 7 nitrogen and oxygen atoms in total. The Labute approximate surface area is 152 Å². The van der Waals surface area contributed by atoms with Crippen LogP contribution >= 0.6 is 0 Å². The number of hydrogen-bond acceptors (Lipinski definition) is 5. The number of sulfonamides is 1. The van der Waals surface area contributed by atoms with Crippen LogP contribution in [0.25, 0.3) is 0 Å². The first-order chi connectivity index (χ1) is 12.6. The van der Waals surface area contributed by atoms with Gasteiger partial charge in [0.15, 0.2) is 0 Å². The molecular formula is C18H19N3O4S. The Morgan fingerprint density at radius 2 is 1.92 bits per heavy atom. The van der Waals surface area contributed by atoms with E-state index in [2.05, 4.69) is 4.98 Å². The van der Waals surface area contributed by atoms with Crippen molar-refractivity contribution in [2.45, 2.75) is 11.3 Å². The number of piperazine rings is 1. The van der Waals surface area contributed by atoms with Gasteiger partial charge < -0.3 is 9.64 Å². The normalized spacial score (nSPS) is 17.6. The van der Waals surface area contributed by atoms with Crippen molar-refractivity contribution in [3.8, 4) is 5.75 Å². The largest absolute Gasteiger partial charge is 0.493 e. The summed E-state index contributed by atoms with van der Waals surface area (Å²) < 4.78 is 32.7. The fraction of sp³-hybridized carbons (Fsp3) is 0.333. The maximum Gasteiger partial charge on any atom is 0.255 e. The molecule has 0 aliphatic carbocycles. The molecule has 0 bridgehead atoms. The summed E-state index contributed by atoms with van der Waals surface area (Å²) in [6.07, 6.45) is 3.87. The minimum absolute atomic E-state index is 0.121. The monoisotopic (exact) mass is 373 g/mol. The maximum absolute atomic E-state index is 12.9. The molecule has 0 radical (unpaired) electrons. The quantitative estimate of drug-likeness (QED) is 0.807. The highest BCUT2D eigenvalue weighted by Gasteiger charge is 2.31. The average molecular weight is 373 g/mol. The fourth-order valence-electron chi connectivity index (χ4n) is 3.28. The van der Waals surface area contributed by atoms with Gasteiger partial charge in [-0.05, 0) is 35.9 Å². The zero-order chi connectivity index (χ0) is 18.1. The molecular weight excluding hydrogens is 354 g/mol. The predicted octanol–water partition coefficient (Wildman–Crippen LogP) is 1.16. The number of pyridine rings is 1. The Balaban J connectivity index is 1.46. The smallest absolute Gasteiger partial charge is 0.255 e. The number of benzene rings is 1. The second kappa shape index (κ2) is 6.69. The molecule has 0 N–H and O–H groups in total. The van der Waals surface area contributed by atoms with Crippen molar-refractivity contribution >= 4 is 15.9 Å². The summed E-state index contributed by atoms with van der Waals surface area (Å²) in [5, 5.41) is 0. The zero-order valence-corrected chi connectivity index (χ0v) is 15.0. The van der Waals surface area contributed by atoms with Gasteiger partial charge in [0.1, 0.15) is 5.75 Å². The van der Waals surface area contributed by atoms with Gasteiger partial charge in [-0.15, -0.1) is 0 Å². The third-order valence-electron chi connectivity index (χ3n) is 4.73. The highest BCUT2D eigenvalue weighted by molar-refractivity contribution is 7.89. The molecule has 1 saturated heterocycles. The van der Waals surface area contributed by atoms with Gasteiger partial charge in [-0.2, -0.15) is 4.31 Å². The van der Waals surface area contributed by atoms with Gasteiger partial charge in [0.2, 0.25) is 10.0 Å². The molecule has 0 unspecified atom stereocenters. The van der Waals surface area contributed by atoms with Crippen LogP contribution < -0.4 is 4.74 Å². The Morgan fingerprint density at radius 1 is 1.12 bits per heavy atom. The van der Waals surface area contributed by atoms with Crippen molar-refractivity contribution in [3.05, 3.63) is 53.9 Å². The topological polar surface area (TPSA) is 79.8 Å². The number of rotatable bonds is 3. The summed E-state index contributed by atoms with van der Waals surface area (Å²) in [6, 6.07) is 8.44. The fourth-order valence-corrected chi connectivity index (χ4v) is 4.75. The lowest BCUT2D eigenvalue weighted by Gasteiger charge is -2.34. The number of fused-ring (bicyclic) bond motifs is 1. The lowest BCUT2D eigenvalue weighted by atomic mass is 10.2. The van der Waals surface area contributed by atoms with E-state index in [0.717, 1.165) is 17.7 Å². The molecule has 136 valence electrons. The molecule has 2 aromatic rings. The first kappa shape index (κ1) is 17.0. The first-order valence-corrected chi connectivity index (χ1v) is 9.95. The number of amides is 1. The molecule has 26 heavy (non-hydrogen) atoms. The molecule has 0 saturated carbocycles. The Morgan fingerprint density at radius 3 is 2.65 bits per heavy atom. The number of aromatic nitrogens is 1. The summed E-state index contributed by atoms with van der Waals surface area (Å²) in [5.74, 6) is 0.640. The molecule has 1 aromatic heterocycles. The van der Waals surface area contributed by atoms with Crippen LogP contribution in [0, 0.1) is 0 Å². The van der Waals surface area contributed by atoms with Crippen LogP contribution in [-0.4, -0.2) is 61.3 Å². The standard InChI is InChI=1S/C18H19N3O4S/c22-18(15-2-1-6-19-13-15)20-7-9-21(10-8-20)26(23,24)16-3-4-17-14(12-16)5-11-25-17/h1-4,6,12-13H,5,7-11H2. The van der Waals surface area contributed by atoms with Crippen molar-refractivity contribution in [3.63, 3.8) is 0 Å². The number of ether oxygens (including phenoxy) is 1. The second-order valence-corrected chi connectivity index (χ2v) is 8.24. The predicted molar refractivity (Wildman–Crippen MR) is 94.5 cm³/mol. The van der Waals surface area contributed by atoms with Crippen molar-refractivity contribution < 1.29 is 17.9 Å². The van der Waals surface area contributed by atoms with Gasteiger partial charge in [0, 0.05) is 45.0 Å². The van der Waals surface area contributed by atoms with E-state index < -0.39 is 10.0 Å². The average Bonchev–Trinajstić information content (AvgIpc) is 3.16. The second-order valence-electron chi connectivity index (χ2n) is 6.31. The molecule has 3 heterocycles. The summed E-state index contributed by atoms with van der Waals surface area (Å²) in [4.78, 5) is 18.4. The van der Waals surface area contributed by atoms with Crippen LogP contribution in [0.15, 0.2) is 47.6 Å². The minimum atomic E-state index is -3.57. The SMILES string of the molecule is O=C(c1cccnc1)N1CCN(S(=O)(=O)c2ccc3c(c2)CCO3)CC1. The van der Waals surface area contributed by atoms with Gasteiger partial charge >= 0.3 is 0 Å². The third-order valence-corrected chi connectivity index (χ3v) is 6.63. The number of hydrogen-bond donors (Lipinski definition) is 0. The van der Waals surface area contributed by atoms with E-state index in [1.165, 1.54) is 10.5 Å². The van der Waals surface area contributed by atoms with Crippen LogP contribution in [0.4, 0.5) is 0 Å². The van der Waals surface area contributed by atoms with E-state index in [1.54, 1.807) is 41.4 Å². The number of carbonyl (C=O) groups is 1. The lowest BCUT2D eigenvalue weighted by molar-refractivity contribution is 0.0697. The molecule has 2 aliphatic heterocycles. The molecule has 1 fully saturated rings. The van der Waals surface area contributed by atoms with E-state index in [4.69, 9.17) is 4.74 Å². The minimum Gasteiger partial charge on any atom is -0.493 e. The Bertz CT molecular complexity index is 923. The van der Waals surface area contributed by atoms with Crippen molar-refractivity contribution in [1.82, 2.24) is 14.2 Å². The zero-order valence-electron chi connectivity index (χ0n) is 14.2. The van der Waals surface area contributed by atoms with Crippen molar-refractivity contribution in [2.75, 3.05) is 32.8 Å². The van der Waals surface area contributed by atoms with E-state index in [9.17, 15) is 13.2 Å². The summed E-state index contributed by atoms with van der Waals surface area (Å²) >= 11 is 0. The van der Waals surface area contributed by atoms with Crippen molar-refractivity contribution in [2.24, 2.45) is 0 Å². The highest BCUT2D eigenvalue weighted by Crippen LogP contribution is 2.29. The van der Waals surface area contributed by atoms with E-state index in [1.807, 2.05) is 0 Å². The van der Waals surface area contributed by atoms with Crippen LogP contribution in [-0.2, 0) is 16.4 Å². The molecule has 8 heteroatoms. The third kappa shape index (κ3) is 3.06. The van der Waals surface area contributed by atoms with Gasteiger partial charge in [0.25, 0.3) is 5.91 Å². The number of carbonyl (C=O) groups excluding carboxylic acids is 1.